The normalized spacial score (nSPS) is 22.0. The molecule has 0 spiro atoms. The number of rotatable bonds is 5. The molecule has 2 rings (SSSR count). The topological polar surface area (TPSA) is 67.9 Å². The quantitative estimate of drug-likeness (QED) is 0.534. The van der Waals surface area contributed by atoms with Crippen LogP contribution in [0, 0.1) is 5.92 Å². The van der Waals surface area contributed by atoms with Crippen LogP contribution in [-0.2, 0) is 4.74 Å². The summed E-state index contributed by atoms with van der Waals surface area (Å²) in [6, 6.07) is 0. The largest absolute Gasteiger partial charge is 0.448 e. The molecule has 0 aromatic heterocycles. The van der Waals surface area contributed by atoms with E-state index in [2.05, 4.69) is 4.99 Å². The molecule has 0 unspecified atom stereocenters. The minimum Gasteiger partial charge on any atom is -0.448 e. The van der Waals surface area contributed by atoms with Crippen molar-refractivity contribution in [2.24, 2.45) is 16.6 Å². The summed E-state index contributed by atoms with van der Waals surface area (Å²) >= 11 is 0. The lowest BCUT2D eigenvalue weighted by molar-refractivity contribution is 0.159. The number of hydrogen-bond donors (Lipinski definition) is 1. The summed E-state index contributed by atoms with van der Waals surface area (Å²) in [4.78, 5) is 17.0. The van der Waals surface area contributed by atoms with Gasteiger partial charge in [0.05, 0.1) is 12.4 Å². The van der Waals surface area contributed by atoms with E-state index in [9.17, 15) is 4.79 Å². The molecule has 2 aliphatic rings. The van der Waals surface area contributed by atoms with Gasteiger partial charge >= 0.3 is 6.09 Å². The Labute approximate surface area is 89.3 Å². The van der Waals surface area contributed by atoms with Crippen LogP contribution in [0.25, 0.3) is 0 Å². The maximum atomic E-state index is 11.1. The average molecular weight is 211 g/mol. The maximum absolute atomic E-state index is 11.1. The minimum atomic E-state index is -0.231. The molecule has 2 N–H and O–H groups in total. The van der Waals surface area contributed by atoms with Gasteiger partial charge in [-0.05, 0) is 18.8 Å². The Bertz CT molecular complexity index is 274. The molecule has 1 saturated heterocycles. The van der Waals surface area contributed by atoms with Crippen molar-refractivity contribution in [3.8, 4) is 0 Å². The van der Waals surface area contributed by atoms with E-state index in [4.69, 9.17) is 10.5 Å². The van der Waals surface area contributed by atoms with Gasteiger partial charge in [-0.25, -0.2) is 4.79 Å². The highest BCUT2D eigenvalue weighted by molar-refractivity contribution is 5.81. The van der Waals surface area contributed by atoms with Crippen molar-refractivity contribution < 1.29 is 9.53 Å². The third-order valence-electron chi connectivity index (χ3n) is 2.73. The van der Waals surface area contributed by atoms with Gasteiger partial charge in [0, 0.05) is 19.5 Å². The number of ether oxygens (including phenoxy) is 1. The zero-order valence-corrected chi connectivity index (χ0v) is 8.82. The third kappa shape index (κ3) is 3.11. The zero-order chi connectivity index (χ0) is 10.7. The molecule has 1 amide bonds. The highest BCUT2D eigenvalue weighted by Gasteiger charge is 2.22. The molecule has 2 fully saturated rings. The first-order chi connectivity index (χ1) is 7.25. The van der Waals surface area contributed by atoms with Crippen molar-refractivity contribution >= 4 is 11.9 Å². The Morgan fingerprint density at radius 3 is 3.00 bits per heavy atom. The van der Waals surface area contributed by atoms with Gasteiger partial charge in [-0.15, -0.1) is 0 Å². The van der Waals surface area contributed by atoms with Crippen molar-refractivity contribution in [3.05, 3.63) is 0 Å². The van der Waals surface area contributed by atoms with Crippen LogP contribution in [0.1, 0.15) is 19.3 Å². The summed E-state index contributed by atoms with van der Waals surface area (Å²) < 4.78 is 4.81. The molecule has 5 nitrogen and oxygen atoms in total. The van der Waals surface area contributed by atoms with E-state index in [-0.39, 0.29) is 6.09 Å². The number of cyclic esters (lactones) is 1. The Morgan fingerprint density at radius 1 is 1.60 bits per heavy atom. The van der Waals surface area contributed by atoms with Gasteiger partial charge in [0.15, 0.2) is 0 Å². The SMILES string of the molecule is NC(CCN1CCOC1=O)=NCC1CC1. The molecule has 0 bridgehead atoms. The van der Waals surface area contributed by atoms with E-state index in [0.717, 1.165) is 12.5 Å². The molecular formula is C10H17N3O2. The van der Waals surface area contributed by atoms with E-state index in [1.54, 1.807) is 4.90 Å². The molecule has 1 saturated carbocycles. The Kier molecular flexibility index (Phi) is 3.08. The fourth-order valence-corrected chi connectivity index (χ4v) is 1.50. The second-order valence-corrected chi connectivity index (χ2v) is 4.13. The molecule has 5 heteroatoms. The summed E-state index contributed by atoms with van der Waals surface area (Å²) in [6.45, 7) is 2.65. The van der Waals surface area contributed by atoms with Gasteiger partial charge in [-0.1, -0.05) is 0 Å². The molecule has 84 valence electrons. The fraction of sp³-hybridized carbons (Fsp3) is 0.800. The van der Waals surface area contributed by atoms with E-state index in [0.29, 0.717) is 32.0 Å². The van der Waals surface area contributed by atoms with Crippen LogP contribution < -0.4 is 5.73 Å². The van der Waals surface area contributed by atoms with Gasteiger partial charge in [-0.3, -0.25) is 4.99 Å². The fourth-order valence-electron chi connectivity index (χ4n) is 1.50. The number of aliphatic imine (C=N–C) groups is 1. The summed E-state index contributed by atoms with van der Waals surface area (Å²) in [6.07, 6.45) is 3.00. The summed E-state index contributed by atoms with van der Waals surface area (Å²) in [7, 11) is 0. The summed E-state index contributed by atoms with van der Waals surface area (Å²) in [5.41, 5.74) is 5.74. The second kappa shape index (κ2) is 4.51. The number of carbonyl (C=O) groups excluding carboxylic acids is 1. The highest BCUT2D eigenvalue weighted by Crippen LogP contribution is 2.28. The summed E-state index contributed by atoms with van der Waals surface area (Å²) in [5.74, 6) is 1.42. The maximum Gasteiger partial charge on any atom is 0.409 e. The predicted molar refractivity (Wildman–Crippen MR) is 56.8 cm³/mol. The lowest BCUT2D eigenvalue weighted by atomic mass is 10.3. The minimum absolute atomic E-state index is 0.231. The lowest BCUT2D eigenvalue weighted by Gasteiger charge is -2.11. The molecule has 0 aromatic carbocycles. The monoisotopic (exact) mass is 211 g/mol. The Balaban J connectivity index is 1.67. The van der Waals surface area contributed by atoms with E-state index in [1.165, 1.54) is 12.8 Å². The van der Waals surface area contributed by atoms with Crippen molar-refractivity contribution in [2.45, 2.75) is 19.3 Å². The van der Waals surface area contributed by atoms with Gasteiger partial charge in [0.2, 0.25) is 0 Å². The van der Waals surface area contributed by atoms with Crippen molar-refractivity contribution in [2.75, 3.05) is 26.2 Å². The zero-order valence-electron chi connectivity index (χ0n) is 8.82. The molecule has 1 aliphatic carbocycles. The van der Waals surface area contributed by atoms with Crippen LogP contribution >= 0.6 is 0 Å². The van der Waals surface area contributed by atoms with Crippen LogP contribution in [0.3, 0.4) is 0 Å². The van der Waals surface area contributed by atoms with Crippen LogP contribution in [0.15, 0.2) is 4.99 Å². The van der Waals surface area contributed by atoms with E-state index < -0.39 is 0 Å². The number of amides is 1. The third-order valence-corrected chi connectivity index (χ3v) is 2.73. The van der Waals surface area contributed by atoms with Crippen LogP contribution in [0.2, 0.25) is 0 Å². The van der Waals surface area contributed by atoms with Crippen molar-refractivity contribution in [1.82, 2.24) is 4.90 Å². The number of amidine groups is 1. The Morgan fingerprint density at radius 2 is 2.40 bits per heavy atom. The number of nitrogens with two attached hydrogens (primary N) is 1. The van der Waals surface area contributed by atoms with Gasteiger partial charge < -0.3 is 15.4 Å². The van der Waals surface area contributed by atoms with E-state index in [1.807, 2.05) is 0 Å². The smallest absolute Gasteiger partial charge is 0.409 e. The first-order valence-corrected chi connectivity index (χ1v) is 5.46. The first kappa shape index (κ1) is 10.3. The molecule has 15 heavy (non-hydrogen) atoms. The second-order valence-electron chi connectivity index (χ2n) is 4.13. The van der Waals surface area contributed by atoms with Gasteiger partial charge in [0.1, 0.15) is 6.61 Å². The van der Waals surface area contributed by atoms with Crippen LogP contribution in [0.5, 0.6) is 0 Å². The number of nitrogens with zero attached hydrogens (tertiary/aromatic N) is 2. The van der Waals surface area contributed by atoms with E-state index >= 15 is 0 Å². The van der Waals surface area contributed by atoms with Crippen LogP contribution in [0.4, 0.5) is 4.79 Å². The predicted octanol–water partition coefficient (Wildman–Crippen LogP) is 0.596. The molecule has 0 aromatic rings. The molecule has 0 atom stereocenters. The van der Waals surface area contributed by atoms with Gasteiger partial charge in [0.25, 0.3) is 0 Å². The lowest BCUT2D eigenvalue weighted by Crippen LogP contribution is -2.29. The van der Waals surface area contributed by atoms with Crippen LogP contribution in [-0.4, -0.2) is 43.1 Å². The van der Waals surface area contributed by atoms with Crippen molar-refractivity contribution in [3.63, 3.8) is 0 Å². The van der Waals surface area contributed by atoms with Gasteiger partial charge in [-0.2, -0.15) is 0 Å². The molecule has 1 heterocycles. The average Bonchev–Trinajstić information content (AvgIpc) is 2.96. The molecule has 1 aliphatic heterocycles. The molecule has 0 radical (unpaired) electrons. The number of carbonyl (C=O) groups is 1. The van der Waals surface area contributed by atoms with Crippen molar-refractivity contribution in [1.29, 1.82) is 0 Å². The standard InChI is InChI=1S/C10H17N3O2/c11-9(12-7-8-1-2-8)3-4-13-5-6-15-10(13)14/h8H,1-7H2,(H2,11,12). The molecular weight excluding hydrogens is 194 g/mol. The first-order valence-electron chi connectivity index (χ1n) is 5.46. The highest BCUT2D eigenvalue weighted by atomic mass is 16.6. The Hall–Kier alpha value is -1.26. The number of hydrogen-bond acceptors (Lipinski definition) is 3. The summed E-state index contributed by atoms with van der Waals surface area (Å²) in [5, 5.41) is 0.